The summed E-state index contributed by atoms with van der Waals surface area (Å²) in [5, 5.41) is 0. The molecule has 0 aliphatic heterocycles. The van der Waals surface area contributed by atoms with Crippen LogP contribution in [0.1, 0.15) is 32.1 Å². The summed E-state index contributed by atoms with van der Waals surface area (Å²) >= 11 is 0. The molecule has 0 saturated heterocycles. The molecule has 1 aliphatic carbocycles. The van der Waals surface area contributed by atoms with Crippen LogP contribution in [0.2, 0.25) is 0 Å². The van der Waals surface area contributed by atoms with Crippen LogP contribution in [0.15, 0.2) is 0 Å². The first-order valence-electron chi connectivity index (χ1n) is 4.85. The average Bonchev–Trinajstić information content (AvgIpc) is 2.15. The average molecular weight is 193 g/mol. The first kappa shape index (κ1) is 10.9. The van der Waals surface area contributed by atoms with Crippen LogP contribution in [0.5, 0.6) is 0 Å². The largest absolute Gasteiger partial charge is 0.345 e. The molecular weight excluding hydrogens is 176 g/mol. The zero-order chi connectivity index (χ0) is 9.68. The van der Waals surface area contributed by atoms with E-state index in [-0.39, 0.29) is 12.6 Å². The van der Waals surface area contributed by atoms with Crippen molar-refractivity contribution >= 4 is 0 Å². The van der Waals surface area contributed by atoms with Gasteiger partial charge in [0, 0.05) is 6.04 Å². The van der Waals surface area contributed by atoms with E-state index >= 15 is 0 Å². The van der Waals surface area contributed by atoms with E-state index in [9.17, 15) is 8.78 Å². The SMILES string of the molecule is NC(COC(F)F)C1CCCCC1. The Labute approximate surface area is 77.4 Å². The quantitative estimate of drug-likeness (QED) is 0.742. The van der Waals surface area contributed by atoms with Gasteiger partial charge in [0.05, 0.1) is 6.61 Å². The van der Waals surface area contributed by atoms with E-state index in [2.05, 4.69) is 4.74 Å². The Hall–Kier alpha value is -0.220. The maximum Gasteiger partial charge on any atom is 0.345 e. The highest BCUT2D eigenvalue weighted by Crippen LogP contribution is 2.25. The Kier molecular flexibility index (Phi) is 4.59. The number of alkyl halides is 2. The molecule has 1 fully saturated rings. The topological polar surface area (TPSA) is 35.2 Å². The zero-order valence-corrected chi connectivity index (χ0v) is 7.72. The van der Waals surface area contributed by atoms with Crippen molar-refractivity contribution in [1.82, 2.24) is 0 Å². The van der Waals surface area contributed by atoms with Crippen molar-refractivity contribution in [3.8, 4) is 0 Å². The van der Waals surface area contributed by atoms with Crippen LogP contribution in [0.25, 0.3) is 0 Å². The molecule has 1 saturated carbocycles. The van der Waals surface area contributed by atoms with Crippen molar-refractivity contribution in [2.24, 2.45) is 11.7 Å². The van der Waals surface area contributed by atoms with Crippen molar-refractivity contribution in [3.05, 3.63) is 0 Å². The lowest BCUT2D eigenvalue weighted by Gasteiger charge is -2.27. The van der Waals surface area contributed by atoms with Crippen molar-refractivity contribution in [3.63, 3.8) is 0 Å². The van der Waals surface area contributed by atoms with Crippen molar-refractivity contribution in [2.45, 2.75) is 44.8 Å². The highest BCUT2D eigenvalue weighted by Gasteiger charge is 2.21. The Morgan fingerprint density at radius 2 is 1.85 bits per heavy atom. The summed E-state index contributed by atoms with van der Waals surface area (Å²) in [7, 11) is 0. The molecule has 1 unspecified atom stereocenters. The van der Waals surface area contributed by atoms with Crippen molar-refractivity contribution in [1.29, 1.82) is 0 Å². The van der Waals surface area contributed by atoms with Crippen LogP contribution >= 0.6 is 0 Å². The third-order valence-corrected chi connectivity index (χ3v) is 2.67. The van der Waals surface area contributed by atoms with Gasteiger partial charge < -0.3 is 10.5 Å². The molecule has 0 aromatic rings. The van der Waals surface area contributed by atoms with E-state index in [1.54, 1.807) is 0 Å². The van der Waals surface area contributed by atoms with Crippen LogP contribution in [-0.2, 0) is 4.74 Å². The van der Waals surface area contributed by atoms with Crippen molar-refractivity contribution in [2.75, 3.05) is 6.61 Å². The molecule has 1 atom stereocenters. The molecular formula is C9H17F2NO. The van der Waals surface area contributed by atoms with Gasteiger partial charge in [0.1, 0.15) is 0 Å². The fourth-order valence-corrected chi connectivity index (χ4v) is 1.88. The Morgan fingerprint density at radius 3 is 2.38 bits per heavy atom. The van der Waals surface area contributed by atoms with E-state index in [0.29, 0.717) is 5.92 Å². The second-order valence-corrected chi connectivity index (χ2v) is 3.66. The molecule has 0 spiro atoms. The summed E-state index contributed by atoms with van der Waals surface area (Å²) in [5.41, 5.74) is 5.74. The standard InChI is InChI=1S/C9H17F2NO/c10-9(11)13-6-8(12)7-4-2-1-3-5-7/h7-9H,1-6,12H2. The smallest absolute Gasteiger partial charge is 0.325 e. The Bertz CT molecular complexity index is 138. The normalized spacial score (nSPS) is 22.2. The van der Waals surface area contributed by atoms with Crippen LogP contribution < -0.4 is 5.73 Å². The van der Waals surface area contributed by atoms with Gasteiger partial charge in [-0.15, -0.1) is 0 Å². The number of nitrogens with two attached hydrogens (primary N) is 1. The van der Waals surface area contributed by atoms with E-state index in [4.69, 9.17) is 5.73 Å². The highest BCUT2D eigenvalue weighted by atomic mass is 19.3. The second kappa shape index (κ2) is 5.50. The molecule has 13 heavy (non-hydrogen) atoms. The molecule has 0 bridgehead atoms. The molecule has 0 heterocycles. The predicted molar refractivity (Wildman–Crippen MR) is 46.5 cm³/mol. The molecule has 78 valence electrons. The first-order chi connectivity index (χ1) is 6.20. The number of rotatable bonds is 4. The van der Waals surface area contributed by atoms with Gasteiger partial charge in [-0.25, -0.2) is 0 Å². The van der Waals surface area contributed by atoms with Crippen LogP contribution in [0.3, 0.4) is 0 Å². The van der Waals surface area contributed by atoms with Crippen LogP contribution in [0, 0.1) is 5.92 Å². The first-order valence-corrected chi connectivity index (χ1v) is 4.85. The number of hydrogen-bond donors (Lipinski definition) is 1. The van der Waals surface area contributed by atoms with Gasteiger partial charge in [0.2, 0.25) is 0 Å². The Balaban J connectivity index is 2.17. The minimum Gasteiger partial charge on any atom is -0.325 e. The number of hydrogen-bond acceptors (Lipinski definition) is 2. The molecule has 2 N–H and O–H groups in total. The summed E-state index contributed by atoms with van der Waals surface area (Å²) in [4.78, 5) is 0. The molecule has 0 aromatic heterocycles. The molecule has 1 aliphatic rings. The lowest BCUT2D eigenvalue weighted by Crippen LogP contribution is -2.36. The molecule has 2 nitrogen and oxygen atoms in total. The van der Waals surface area contributed by atoms with Gasteiger partial charge in [-0.05, 0) is 18.8 Å². The third-order valence-electron chi connectivity index (χ3n) is 2.67. The number of halogens is 2. The lowest BCUT2D eigenvalue weighted by atomic mass is 9.84. The van der Waals surface area contributed by atoms with Gasteiger partial charge in [-0.3, -0.25) is 0 Å². The number of ether oxygens (including phenoxy) is 1. The monoisotopic (exact) mass is 193 g/mol. The predicted octanol–water partition coefficient (Wildman–Crippen LogP) is 2.13. The van der Waals surface area contributed by atoms with Gasteiger partial charge in [-0.1, -0.05) is 19.3 Å². The minimum atomic E-state index is -2.69. The molecule has 4 heteroatoms. The lowest BCUT2D eigenvalue weighted by molar-refractivity contribution is -0.135. The third kappa shape index (κ3) is 4.00. The fourth-order valence-electron chi connectivity index (χ4n) is 1.88. The zero-order valence-electron chi connectivity index (χ0n) is 7.72. The molecule has 0 radical (unpaired) electrons. The minimum absolute atomic E-state index is 0.0116. The van der Waals surface area contributed by atoms with Gasteiger partial charge in [-0.2, -0.15) is 8.78 Å². The summed E-state index contributed by atoms with van der Waals surface area (Å²) in [5.74, 6) is 0.382. The maximum absolute atomic E-state index is 11.7. The summed E-state index contributed by atoms with van der Waals surface area (Å²) in [6.07, 6.45) is 5.72. The fraction of sp³-hybridized carbons (Fsp3) is 1.00. The molecule has 0 aromatic carbocycles. The highest BCUT2D eigenvalue weighted by molar-refractivity contribution is 4.75. The summed E-state index contributed by atoms with van der Waals surface area (Å²) in [6, 6.07) is -0.214. The van der Waals surface area contributed by atoms with E-state index in [0.717, 1.165) is 12.8 Å². The van der Waals surface area contributed by atoms with E-state index in [1.807, 2.05) is 0 Å². The van der Waals surface area contributed by atoms with Crippen LogP contribution in [0.4, 0.5) is 8.78 Å². The molecule has 0 amide bonds. The van der Waals surface area contributed by atoms with Crippen molar-refractivity contribution < 1.29 is 13.5 Å². The van der Waals surface area contributed by atoms with Gasteiger partial charge >= 0.3 is 6.61 Å². The summed E-state index contributed by atoms with van der Waals surface area (Å²) in [6.45, 7) is -2.70. The van der Waals surface area contributed by atoms with Gasteiger partial charge in [0.15, 0.2) is 0 Å². The molecule has 1 rings (SSSR count). The summed E-state index contributed by atoms with van der Waals surface area (Å²) < 4.78 is 27.6. The van der Waals surface area contributed by atoms with Gasteiger partial charge in [0.25, 0.3) is 0 Å². The maximum atomic E-state index is 11.7. The Morgan fingerprint density at radius 1 is 1.23 bits per heavy atom. The van der Waals surface area contributed by atoms with E-state index in [1.165, 1.54) is 19.3 Å². The second-order valence-electron chi connectivity index (χ2n) is 3.66. The van der Waals surface area contributed by atoms with Crippen LogP contribution in [-0.4, -0.2) is 19.3 Å². The van der Waals surface area contributed by atoms with E-state index < -0.39 is 6.61 Å².